The van der Waals surface area contributed by atoms with Crippen LogP contribution in [0.2, 0.25) is 0 Å². The fourth-order valence-electron chi connectivity index (χ4n) is 1.87. The van der Waals surface area contributed by atoms with Gasteiger partial charge in [-0.25, -0.2) is 9.48 Å². The van der Waals surface area contributed by atoms with Crippen LogP contribution in [-0.4, -0.2) is 38.8 Å². The molecule has 0 bridgehead atoms. The van der Waals surface area contributed by atoms with Gasteiger partial charge in [0.15, 0.2) is 5.69 Å². The number of hydrogen-bond acceptors (Lipinski definition) is 4. The van der Waals surface area contributed by atoms with Crippen molar-refractivity contribution in [2.75, 3.05) is 6.61 Å². The molecule has 6 nitrogen and oxygen atoms in total. The molecule has 0 radical (unpaired) electrons. The maximum absolute atomic E-state index is 10.6. The predicted octanol–water partition coefficient (Wildman–Crippen LogP) is 0.935. The molecular formula is C10H15N3O3. The maximum atomic E-state index is 10.6. The summed E-state index contributed by atoms with van der Waals surface area (Å²) in [6.45, 7) is 1.11. The van der Waals surface area contributed by atoms with E-state index in [1.807, 2.05) is 0 Å². The molecule has 0 spiro atoms. The van der Waals surface area contributed by atoms with Crippen molar-refractivity contribution in [1.82, 2.24) is 15.0 Å². The molecule has 6 heteroatoms. The Bertz CT molecular complexity index is 358. The minimum atomic E-state index is -1.05. The molecule has 1 N–H and O–H groups in total. The van der Waals surface area contributed by atoms with E-state index in [1.54, 1.807) is 0 Å². The molecule has 1 aromatic rings. The summed E-state index contributed by atoms with van der Waals surface area (Å²) >= 11 is 0. The van der Waals surface area contributed by atoms with Crippen molar-refractivity contribution in [1.29, 1.82) is 0 Å². The lowest BCUT2D eigenvalue weighted by molar-refractivity contribution is 0.0511. The first kappa shape index (κ1) is 11.1. The molecule has 1 heterocycles. The van der Waals surface area contributed by atoms with Gasteiger partial charge in [0.2, 0.25) is 0 Å². The number of aromatic carboxylic acids is 1. The van der Waals surface area contributed by atoms with E-state index in [-0.39, 0.29) is 5.69 Å². The van der Waals surface area contributed by atoms with Crippen LogP contribution in [0, 0.1) is 0 Å². The highest BCUT2D eigenvalue weighted by Crippen LogP contribution is 2.20. The number of hydrogen-bond donors (Lipinski definition) is 1. The first-order valence-electron chi connectivity index (χ1n) is 5.51. The molecule has 88 valence electrons. The first-order chi connectivity index (χ1) is 7.75. The van der Waals surface area contributed by atoms with Gasteiger partial charge in [-0.2, -0.15) is 0 Å². The smallest absolute Gasteiger partial charge is 0.358 e. The van der Waals surface area contributed by atoms with E-state index >= 15 is 0 Å². The van der Waals surface area contributed by atoms with Crippen molar-refractivity contribution in [3.8, 4) is 0 Å². The Hall–Kier alpha value is -1.43. The van der Waals surface area contributed by atoms with Crippen LogP contribution in [0.5, 0.6) is 0 Å². The highest BCUT2D eigenvalue weighted by molar-refractivity contribution is 5.84. The molecule has 1 saturated carbocycles. The van der Waals surface area contributed by atoms with Crippen molar-refractivity contribution >= 4 is 5.97 Å². The molecule has 0 saturated heterocycles. The molecular weight excluding hydrogens is 210 g/mol. The molecule has 1 aliphatic carbocycles. The van der Waals surface area contributed by atoms with Crippen LogP contribution in [0.4, 0.5) is 0 Å². The van der Waals surface area contributed by atoms with Gasteiger partial charge in [0, 0.05) is 0 Å². The van der Waals surface area contributed by atoms with Crippen molar-refractivity contribution in [2.45, 2.75) is 38.3 Å². The quantitative estimate of drug-likeness (QED) is 0.806. The zero-order valence-electron chi connectivity index (χ0n) is 9.00. The van der Waals surface area contributed by atoms with E-state index in [0.29, 0.717) is 19.3 Å². The Morgan fingerprint density at radius 1 is 1.56 bits per heavy atom. The van der Waals surface area contributed by atoms with Gasteiger partial charge in [-0.15, -0.1) is 5.10 Å². The SMILES string of the molecule is O=C(O)c1cn(CCOC2CCCC2)nn1. The Morgan fingerprint density at radius 3 is 2.94 bits per heavy atom. The van der Waals surface area contributed by atoms with Crippen LogP contribution in [0.3, 0.4) is 0 Å². The van der Waals surface area contributed by atoms with Crippen LogP contribution >= 0.6 is 0 Å². The minimum Gasteiger partial charge on any atom is -0.476 e. The third-order valence-electron chi connectivity index (χ3n) is 2.73. The van der Waals surface area contributed by atoms with E-state index in [4.69, 9.17) is 9.84 Å². The minimum absolute atomic E-state index is 0.0270. The largest absolute Gasteiger partial charge is 0.476 e. The summed E-state index contributed by atoms with van der Waals surface area (Å²) in [5, 5.41) is 15.9. The molecule has 0 aromatic carbocycles. The summed E-state index contributed by atoms with van der Waals surface area (Å²) in [7, 11) is 0. The normalized spacial score (nSPS) is 16.8. The lowest BCUT2D eigenvalue weighted by Crippen LogP contribution is -2.13. The van der Waals surface area contributed by atoms with E-state index in [2.05, 4.69) is 10.3 Å². The van der Waals surface area contributed by atoms with Gasteiger partial charge in [0.05, 0.1) is 25.5 Å². The van der Waals surface area contributed by atoms with Crippen molar-refractivity contribution in [3.05, 3.63) is 11.9 Å². The maximum Gasteiger partial charge on any atom is 0.358 e. The van der Waals surface area contributed by atoms with Gasteiger partial charge < -0.3 is 9.84 Å². The monoisotopic (exact) mass is 225 g/mol. The van der Waals surface area contributed by atoms with Crippen molar-refractivity contribution in [3.63, 3.8) is 0 Å². The zero-order chi connectivity index (χ0) is 11.4. The number of nitrogens with zero attached hydrogens (tertiary/aromatic N) is 3. The van der Waals surface area contributed by atoms with Gasteiger partial charge >= 0.3 is 5.97 Å². The number of carbonyl (C=O) groups is 1. The van der Waals surface area contributed by atoms with Gasteiger partial charge in [0.1, 0.15) is 0 Å². The Kier molecular flexibility index (Phi) is 3.51. The van der Waals surface area contributed by atoms with Crippen molar-refractivity contribution < 1.29 is 14.6 Å². The van der Waals surface area contributed by atoms with E-state index in [9.17, 15) is 4.79 Å². The molecule has 0 atom stereocenters. The summed E-state index contributed by atoms with van der Waals surface area (Å²) in [5.41, 5.74) is -0.0270. The molecule has 0 unspecified atom stereocenters. The second kappa shape index (κ2) is 5.07. The Morgan fingerprint density at radius 2 is 2.31 bits per heavy atom. The van der Waals surface area contributed by atoms with E-state index in [1.165, 1.54) is 23.7 Å². The highest BCUT2D eigenvalue weighted by atomic mass is 16.5. The number of carboxylic acid groups (broad SMARTS) is 1. The summed E-state index contributed by atoms with van der Waals surface area (Å²) < 4.78 is 7.14. The number of aromatic nitrogens is 3. The first-order valence-corrected chi connectivity index (χ1v) is 5.51. The van der Waals surface area contributed by atoms with Gasteiger partial charge in [0.25, 0.3) is 0 Å². The summed E-state index contributed by atoms with van der Waals surface area (Å²) in [4.78, 5) is 10.6. The lowest BCUT2D eigenvalue weighted by atomic mass is 10.3. The molecule has 1 aromatic heterocycles. The Labute approximate surface area is 93.2 Å². The molecule has 16 heavy (non-hydrogen) atoms. The predicted molar refractivity (Wildman–Crippen MR) is 55.2 cm³/mol. The number of ether oxygens (including phenoxy) is 1. The molecule has 2 rings (SSSR count). The van der Waals surface area contributed by atoms with E-state index < -0.39 is 5.97 Å². The second-order valence-electron chi connectivity index (χ2n) is 3.95. The lowest BCUT2D eigenvalue weighted by Gasteiger charge is -2.10. The summed E-state index contributed by atoms with van der Waals surface area (Å²) in [5.74, 6) is -1.05. The van der Waals surface area contributed by atoms with Crippen LogP contribution in [0.15, 0.2) is 6.20 Å². The number of carboxylic acids is 1. The zero-order valence-corrected chi connectivity index (χ0v) is 9.00. The van der Waals surface area contributed by atoms with Gasteiger partial charge in [-0.3, -0.25) is 0 Å². The molecule has 0 aliphatic heterocycles. The van der Waals surface area contributed by atoms with Crippen LogP contribution < -0.4 is 0 Å². The number of rotatable bonds is 5. The average Bonchev–Trinajstić information content (AvgIpc) is 2.87. The summed E-state index contributed by atoms with van der Waals surface area (Å²) in [6, 6.07) is 0. The van der Waals surface area contributed by atoms with Crippen LogP contribution in [0.25, 0.3) is 0 Å². The van der Waals surface area contributed by atoms with Crippen molar-refractivity contribution in [2.24, 2.45) is 0 Å². The second-order valence-corrected chi connectivity index (χ2v) is 3.95. The average molecular weight is 225 g/mol. The molecule has 0 amide bonds. The standard InChI is InChI=1S/C10H15N3O3/c14-10(15)9-7-13(12-11-9)5-6-16-8-3-1-2-4-8/h7-8H,1-6H2,(H,14,15). The molecule has 1 aliphatic rings. The van der Waals surface area contributed by atoms with Gasteiger partial charge in [-0.1, -0.05) is 18.1 Å². The Balaban J connectivity index is 1.74. The van der Waals surface area contributed by atoms with E-state index in [0.717, 1.165) is 12.8 Å². The fourth-order valence-corrected chi connectivity index (χ4v) is 1.87. The molecule has 1 fully saturated rings. The fraction of sp³-hybridized carbons (Fsp3) is 0.700. The summed E-state index contributed by atoms with van der Waals surface area (Å²) in [6.07, 6.45) is 6.56. The third kappa shape index (κ3) is 2.79. The topological polar surface area (TPSA) is 77.2 Å². The van der Waals surface area contributed by atoms with Crippen LogP contribution in [-0.2, 0) is 11.3 Å². The van der Waals surface area contributed by atoms with Crippen LogP contribution in [0.1, 0.15) is 36.2 Å². The van der Waals surface area contributed by atoms with Gasteiger partial charge in [-0.05, 0) is 12.8 Å². The third-order valence-corrected chi connectivity index (χ3v) is 2.73. The highest BCUT2D eigenvalue weighted by Gasteiger charge is 2.15.